The first-order chi connectivity index (χ1) is 20.2. The van der Waals surface area contributed by atoms with Gasteiger partial charge >= 0.3 is 18.2 Å². The van der Waals surface area contributed by atoms with Gasteiger partial charge in [0, 0.05) is 31.2 Å². The fourth-order valence-electron chi connectivity index (χ4n) is 3.89. The number of aryl methyl sites for hydroxylation is 1. The van der Waals surface area contributed by atoms with Crippen LogP contribution in [-0.2, 0) is 35.3 Å². The van der Waals surface area contributed by atoms with Gasteiger partial charge in [-0.15, -0.1) is 0 Å². The van der Waals surface area contributed by atoms with Gasteiger partial charge in [0.15, 0.2) is 5.69 Å². The maximum Gasteiger partial charge on any atom is 0.435 e. The van der Waals surface area contributed by atoms with E-state index in [0.29, 0.717) is 18.5 Å². The molecular weight excluding hydrogens is 597 g/mol. The van der Waals surface area contributed by atoms with Gasteiger partial charge in [0.25, 0.3) is 16.3 Å². The lowest BCUT2D eigenvalue weighted by Gasteiger charge is -2.36. The minimum Gasteiger partial charge on any atom is -0.447 e. The summed E-state index contributed by atoms with van der Waals surface area (Å²) < 4.78 is 78.5. The number of aromatic nitrogens is 2. The molecule has 1 saturated heterocycles. The monoisotopic (exact) mass is 624 g/mol. The van der Waals surface area contributed by atoms with E-state index in [0.717, 1.165) is 28.4 Å². The molecule has 0 radical (unpaired) electrons. The number of hydrogen-bond donors (Lipinski definition) is 1. The van der Waals surface area contributed by atoms with Crippen LogP contribution >= 0.6 is 0 Å². The number of carbonyl (C=O) groups excluding carboxylic acids is 2. The molecule has 2 atom stereocenters. The zero-order valence-corrected chi connectivity index (χ0v) is 23.9. The normalized spacial score (nSPS) is 16.0. The van der Waals surface area contributed by atoms with E-state index in [2.05, 4.69) is 15.6 Å². The Morgan fingerprint density at radius 3 is 2.40 bits per heavy atom. The van der Waals surface area contributed by atoms with Crippen LogP contribution in [0.25, 0.3) is 16.9 Å². The first kappa shape index (κ1) is 31.3. The summed E-state index contributed by atoms with van der Waals surface area (Å²) in [6.07, 6.45) is -6.31. The van der Waals surface area contributed by atoms with Crippen LogP contribution in [0.4, 0.5) is 18.0 Å². The molecule has 2 aromatic carbocycles. The van der Waals surface area contributed by atoms with Crippen LogP contribution in [0.5, 0.6) is 0 Å². The molecule has 2 heterocycles. The summed E-state index contributed by atoms with van der Waals surface area (Å²) in [6, 6.07) is 12.1. The fraction of sp³-hybridized carbons (Fsp3) is 0.346. The highest BCUT2D eigenvalue weighted by Gasteiger charge is 2.35. The Morgan fingerprint density at radius 2 is 1.81 bits per heavy atom. The number of benzene rings is 2. The Labute approximate surface area is 244 Å². The van der Waals surface area contributed by atoms with E-state index >= 15 is 0 Å². The molecule has 0 saturated carbocycles. The molecule has 1 aliphatic heterocycles. The molecule has 0 bridgehead atoms. The van der Waals surface area contributed by atoms with Crippen molar-refractivity contribution in [2.24, 2.45) is 10.5 Å². The lowest BCUT2D eigenvalue weighted by atomic mass is 10.1. The fourth-order valence-corrected chi connectivity index (χ4v) is 4.78. The highest BCUT2D eigenvalue weighted by molar-refractivity contribution is 7.90. The number of nitrogens with one attached hydrogen (secondary N) is 1. The predicted molar refractivity (Wildman–Crippen MR) is 143 cm³/mol. The van der Waals surface area contributed by atoms with Crippen molar-refractivity contribution in [2.75, 3.05) is 13.2 Å². The summed E-state index contributed by atoms with van der Waals surface area (Å²) in [5.41, 5.74) is 0.599. The van der Waals surface area contributed by atoms with E-state index < -0.39 is 40.2 Å². The SMILES string of the molecule is CC(=O)OC(C)ON=NN1CCC1COC(=O)NS(=O)(=O)c1ccc(-n2nc(C(F)(F)F)cc2-c2ccc(C)cc2)cc1. The maximum absolute atomic E-state index is 13.5. The third-order valence-electron chi connectivity index (χ3n) is 6.16. The molecular formula is C26H27F3N6O7S. The van der Waals surface area contributed by atoms with E-state index in [9.17, 15) is 31.2 Å². The first-order valence-corrected chi connectivity index (χ1v) is 14.3. The van der Waals surface area contributed by atoms with Crippen molar-refractivity contribution in [3.63, 3.8) is 0 Å². The summed E-state index contributed by atoms with van der Waals surface area (Å²) in [5.74, 6) is -0.556. The second-order valence-corrected chi connectivity index (χ2v) is 11.1. The van der Waals surface area contributed by atoms with Crippen LogP contribution in [0.15, 0.2) is 70.0 Å². The van der Waals surface area contributed by atoms with Gasteiger partial charge in [0.1, 0.15) is 6.61 Å². The lowest BCUT2D eigenvalue weighted by Crippen LogP contribution is -2.47. The van der Waals surface area contributed by atoms with Crippen LogP contribution in [0.1, 0.15) is 31.5 Å². The Hall–Kier alpha value is -4.67. The number of ether oxygens (including phenoxy) is 2. The van der Waals surface area contributed by atoms with Crippen LogP contribution in [0, 0.1) is 6.92 Å². The van der Waals surface area contributed by atoms with Crippen LogP contribution in [-0.4, -0.2) is 60.8 Å². The van der Waals surface area contributed by atoms with Gasteiger partial charge in [-0.2, -0.15) is 18.3 Å². The van der Waals surface area contributed by atoms with Crippen molar-refractivity contribution in [1.82, 2.24) is 19.5 Å². The summed E-state index contributed by atoms with van der Waals surface area (Å²) in [4.78, 5) is 27.6. The van der Waals surface area contributed by atoms with Crippen molar-refractivity contribution in [3.8, 4) is 16.9 Å². The molecule has 1 N–H and O–H groups in total. The minimum atomic E-state index is -4.70. The van der Waals surface area contributed by atoms with E-state index in [4.69, 9.17) is 14.3 Å². The van der Waals surface area contributed by atoms with Crippen molar-refractivity contribution >= 4 is 22.1 Å². The number of esters is 1. The average Bonchev–Trinajstić information content (AvgIpc) is 3.37. The molecule has 43 heavy (non-hydrogen) atoms. The Bertz CT molecular complexity index is 1590. The van der Waals surface area contributed by atoms with E-state index in [1.807, 2.05) is 6.92 Å². The van der Waals surface area contributed by atoms with Crippen molar-refractivity contribution < 1.29 is 45.5 Å². The number of carbonyl (C=O) groups is 2. The van der Waals surface area contributed by atoms with E-state index in [-0.39, 0.29) is 28.9 Å². The van der Waals surface area contributed by atoms with Crippen molar-refractivity contribution in [2.45, 2.75) is 50.6 Å². The average molecular weight is 625 g/mol. The number of nitrogens with zero attached hydrogens (tertiary/aromatic N) is 5. The minimum absolute atomic E-state index is 0.152. The third kappa shape index (κ3) is 8.00. The van der Waals surface area contributed by atoms with Gasteiger partial charge < -0.3 is 14.3 Å². The molecule has 13 nitrogen and oxygen atoms in total. The number of amides is 1. The van der Waals surface area contributed by atoms with E-state index in [1.165, 1.54) is 31.0 Å². The number of hydrogen-bond acceptors (Lipinski definition) is 10. The van der Waals surface area contributed by atoms with Crippen molar-refractivity contribution in [3.05, 3.63) is 65.9 Å². The molecule has 1 aliphatic rings. The lowest BCUT2D eigenvalue weighted by molar-refractivity contribution is -0.176. The van der Waals surface area contributed by atoms with Crippen LogP contribution in [0.3, 0.4) is 0 Å². The zero-order chi connectivity index (χ0) is 31.4. The number of rotatable bonds is 10. The van der Waals surface area contributed by atoms with Gasteiger partial charge in [-0.1, -0.05) is 29.8 Å². The van der Waals surface area contributed by atoms with Crippen LogP contribution < -0.4 is 4.72 Å². The summed E-state index contributed by atoms with van der Waals surface area (Å²) in [7, 11) is -4.38. The zero-order valence-electron chi connectivity index (χ0n) is 23.1. The molecule has 0 spiro atoms. The highest BCUT2D eigenvalue weighted by Crippen LogP contribution is 2.33. The molecule has 17 heteroatoms. The van der Waals surface area contributed by atoms with Gasteiger partial charge in [-0.05, 0) is 48.9 Å². The Kier molecular flexibility index (Phi) is 9.22. The second kappa shape index (κ2) is 12.7. The topological polar surface area (TPSA) is 154 Å². The number of halogens is 3. The number of sulfonamides is 1. The molecule has 230 valence electrons. The summed E-state index contributed by atoms with van der Waals surface area (Å²) >= 11 is 0. The second-order valence-electron chi connectivity index (χ2n) is 9.45. The standard InChI is InChI=1S/C26H27F3N6O7S/c1-16-4-6-19(7-5-16)23-14-24(26(27,28)29)30-35(23)20-8-10-22(11-9-20)43(38,39)31-25(37)40-15-21-12-13-34(21)32-33-42-18(3)41-17(2)36/h4-11,14,18,21H,12-13,15H2,1-3H3,(H,31,37). The molecule has 0 aliphatic carbocycles. The Balaban J connectivity index is 1.39. The molecule has 1 amide bonds. The molecule has 1 fully saturated rings. The maximum atomic E-state index is 13.5. The van der Waals surface area contributed by atoms with E-state index in [1.54, 1.807) is 29.0 Å². The molecule has 1 aromatic heterocycles. The van der Waals surface area contributed by atoms with Gasteiger partial charge in [-0.25, -0.2) is 22.6 Å². The van der Waals surface area contributed by atoms with Gasteiger partial charge in [0.05, 0.1) is 22.3 Å². The Morgan fingerprint density at radius 1 is 1.14 bits per heavy atom. The molecule has 4 rings (SSSR count). The first-order valence-electron chi connectivity index (χ1n) is 12.8. The van der Waals surface area contributed by atoms with Crippen LogP contribution in [0.2, 0.25) is 0 Å². The third-order valence-corrected chi connectivity index (χ3v) is 7.48. The highest BCUT2D eigenvalue weighted by atomic mass is 32.2. The predicted octanol–water partition coefficient (Wildman–Crippen LogP) is 4.56. The number of alkyl halides is 3. The van der Waals surface area contributed by atoms with Crippen molar-refractivity contribution in [1.29, 1.82) is 0 Å². The largest absolute Gasteiger partial charge is 0.447 e. The molecule has 3 aromatic rings. The molecule has 2 unspecified atom stereocenters. The quantitative estimate of drug-likeness (QED) is 0.148. The van der Waals surface area contributed by atoms with Gasteiger partial charge in [-0.3, -0.25) is 9.80 Å². The van der Waals surface area contributed by atoms with Gasteiger partial charge in [0.2, 0.25) is 0 Å². The summed E-state index contributed by atoms with van der Waals surface area (Å²) in [6.45, 7) is 4.76. The smallest absolute Gasteiger partial charge is 0.435 e. The summed E-state index contributed by atoms with van der Waals surface area (Å²) in [5, 5.41) is 12.4.